The summed E-state index contributed by atoms with van der Waals surface area (Å²) in [6.45, 7) is 2.95. The molecule has 1 unspecified atom stereocenters. The standard InChI is InChI=1S/C25H30N2O2/c1-19(28)27-16-13-20-9-5-6-12-22(20)23(27)17-24(29)26-18-25(14-7-8-15-25)21-10-3-2-4-11-21/h2-6,9-12,23H,7-8,13-18H2,1H3,(H,26,29). The van der Waals surface area contributed by atoms with Crippen molar-refractivity contribution >= 4 is 11.8 Å². The minimum Gasteiger partial charge on any atom is -0.355 e. The van der Waals surface area contributed by atoms with Crippen LogP contribution in [-0.4, -0.2) is 29.8 Å². The number of rotatable bonds is 5. The number of carbonyl (C=O) groups excluding carboxylic acids is 2. The first-order valence-corrected chi connectivity index (χ1v) is 10.8. The average Bonchev–Trinajstić information content (AvgIpc) is 3.23. The number of carbonyl (C=O) groups is 2. The maximum absolute atomic E-state index is 13.0. The predicted octanol–water partition coefficient (Wildman–Crippen LogP) is 4.15. The molecule has 1 aliphatic carbocycles. The molecule has 0 bridgehead atoms. The Labute approximate surface area is 173 Å². The van der Waals surface area contributed by atoms with Crippen molar-refractivity contribution in [2.45, 2.75) is 56.9 Å². The second-order valence-corrected chi connectivity index (χ2v) is 8.51. The van der Waals surface area contributed by atoms with Crippen molar-refractivity contribution in [3.05, 3.63) is 71.3 Å². The summed E-state index contributed by atoms with van der Waals surface area (Å²) in [5.74, 6) is 0.0639. The van der Waals surface area contributed by atoms with E-state index in [1.54, 1.807) is 6.92 Å². The fourth-order valence-corrected chi connectivity index (χ4v) is 5.18. The molecular weight excluding hydrogens is 360 g/mol. The lowest BCUT2D eigenvalue weighted by Crippen LogP contribution is -2.43. The van der Waals surface area contributed by atoms with E-state index >= 15 is 0 Å². The highest BCUT2D eigenvalue weighted by atomic mass is 16.2. The molecule has 2 aromatic rings. The summed E-state index contributed by atoms with van der Waals surface area (Å²) in [6, 6.07) is 18.6. The third kappa shape index (κ3) is 4.07. The summed E-state index contributed by atoms with van der Waals surface area (Å²) in [6.07, 6.45) is 5.82. The maximum Gasteiger partial charge on any atom is 0.222 e. The van der Waals surface area contributed by atoms with Gasteiger partial charge in [-0.3, -0.25) is 9.59 Å². The van der Waals surface area contributed by atoms with E-state index in [0.29, 0.717) is 19.5 Å². The SMILES string of the molecule is CC(=O)N1CCc2ccccc2C1CC(=O)NCC1(c2ccccc2)CCCC1. The van der Waals surface area contributed by atoms with Crippen molar-refractivity contribution in [3.8, 4) is 0 Å². The largest absolute Gasteiger partial charge is 0.355 e. The van der Waals surface area contributed by atoms with Gasteiger partial charge in [-0.25, -0.2) is 0 Å². The Kier molecular flexibility index (Phi) is 5.70. The van der Waals surface area contributed by atoms with Gasteiger partial charge in [0.25, 0.3) is 0 Å². The van der Waals surface area contributed by atoms with Crippen LogP contribution in [0.5, 0.6) is 0 Å². The van der Waals surface area contributed by atoms with E-state index in [1.807, 2.05) is 23.1 Å². The zero-order valence-corrected chi connectivity index (χ0v) is 17.2. The second kappa shape index (κ2) is 8.40. The highest BCUT2D eigenvalue weighted by Gasteiger charge is 2.36. The van der Waals surface area contributed by atoms with E-state index in [0.717, 1.165) is 24.8 Å². The number of amides is 2. The van der Waals surface area contributed by atoms with E-state index in [4.69, 9.17) is 0 Å². The molecule has 1 heterocycles. The van der Waals surface area contributed by atoms with E-state index in [2.05, 4.69) is 41.7 Å². The van der Waals surface area contributed by atoms with Crippen LogP contribution in [0.4, 0.5) is 0 Å². The Morgan fingerprint density at radius 3 is 2.45 bits per heavy atom. The smallest absolute Gasteiger partial charge is 0.222 e. The highest BCUT2D eigenvalue weighted by Crippen LogP contribution is 2.40. The highest BCUT2D eigenvalue weighted by molar-refractivity contribution is 5.79. The Balaban J connectivity index is 1.48. The van der Waals surface area contributed by atoms with Gasteiger partial charge in [-0.2, -0.15) is 0 Å². The van der Waals surface area contributed by atoms with Gasteiger partial charge in [0.2, 0.25) is 11.8 Å². The van der Waals surface area contributed by atoms with Gasteiger partial charge in [0.1, 0.15) is 0 Å². The molecule has 152 valence electrons. The summed E-state index contributed by atoms with van der Waals surface area (Å²) < 4.78 is 0. The third-order valence-electron chi connectivity index (χ3n) is 6.77. The maximum atomic E-state index is 13.0. The lowest BCUT2D eigenvalue weighted by Gasteiger charge is -2.37. The van der Waals surface area contributed by atoms with E-state index in [1.165, 1.54) is 24.0 Å². The Bertz CT molecular complexity index is 871. The molecule has 1 N–H and O–H groups in total. The fraction of sp³-hybridized carbons (Fsp3) is 0.440. The fourth-order valence-electron chi connectivity index (χ4n) is 5.18. The van der Waals surface area contributed by atoms with E-state index in [-0.39, 0.29) is 23.3 Å². The molecule has 0 saturated heterocycles. The number of hydrogen-bond acceptors (Lipinski definition) is 2. The van der Waals surface area contributed by atoms with Gasteiger partial charge >= 0.3 is 0 Å². The minimum absolute atomic E-state index is 0.0279. The van der Waals surface area contributed by atoms with E-state index in [9.17, 15) is 9.59 Å². The zero-order chi connectivity index (χ0) is 20.3. The van der Waals surface area contributed by atoms with Crippen LogP contribution in [0.2, 0.25) is 0 Å². The number of hydrogen-bond donors (Lipinski definition) is 1. The number of fused-ring (bicyclic) bond motifs is 1. The zero-order valence-electron chi connectivity index (χ0n) is 17.2. The molecule has 1 aliphatic heterocycles. The second-order valence-electron chi connectivity index (χ2n) is 8.51. The van der Waals surface area contributed by atoms with Gasteiger partial charge in [-0.15, -0.1) is 0 Å². The molecule has 29 heavy (non-hydrogen) atoms. The van der Waals surface area contributed by atoms with Gasteiger partial charge < -0.3 is 10.2 Å². The van der Waals surface area contributed by atoms with Crippen LogP contribution >= 0.6 is 0 Å². The van der Waals surface area contributed by atoms with Gasteiger partial charge in [0.05, 0.1) is 12.5 Å². The molecule has 4 heteroatoms. The van der Waals surface area contributed by atoms with Crippen LogP contribution in [0, 0.1) is 0 Å². The van der Waals surface area contributed by atoms with Gasteiger partial charge in [0, 0.05) is 25.4 Å². The molecule has 2 amide bonds. The molecule has 0 aromatic heterocycles. The molecule has 4 nitrogen and oxygen atoms in total. The first kappa shape index (κ1) is 19.7. The molecule has 1 saturated carbocycles. The van der Waals surface area contributed by atoms with Gasteiger partial charge in [-0.05, 0) is 36.0 Å². The number of benzene rings is 2. The van der Waals surface area contributed by atoms with Crippen LogP contribution < -0.4 is 5.32 Å². The summed E-state index contributed by atoms with van der Waals surface area (Å²) in [5.41, 5.74) is 3.73. The average molecular weight is 391 g/mol. The quantitative estimate of drug-likeness (QED) is 0.834. The molecule has 1 fully saturated rings. The Hall–Kier alpha value is -2.62. The summed E-state index contributed by atoms with van der Waals surface area (Å²) in [7, 11) is 0. The van der Waals surface area contributed by atoms with Gasteiger partial charge in [0.15, 0.2) is 0 Å². The van der Waals surface area contributed by atoms with E-state index < -0.39 is 0 Å². The van der Waals surface area contributed by atoms with Gasteiger partial charge in [-0.1, -0.05) is 67.4 Å². The Morgan fingerprint density at radius 1 is 1.03 bits per heavy atom. The van der Waals surface area contributed by atoms with Crippen molar-refractivity contribution in [3.63, 3.8) is 0 Å². The topological polar surface area (TPSA) is 49.4 Å². The minimum atomic E-state index is -0.172. The van der Waals surface area contributed by atoms with Crippen molar-refractivity contribution in [2.24, 2.45) is 0 Å². The Morgan fingerprint density at radius 2 is 1.72 bits per heavy atom. The summed E-state index contributed by atoms with van der Waals surface area (Å²) >= 11 is 0. The van der Waals surface area contributed by atoms with Crippen LogP contribution in [0.25, 0.3) is 0 Å². The van der Waals surface area contributed by atoms with Crippen molar-refractivity contribution < 1.29 is 9.59 Å². The van der Waals surface area contributed by atoms with Crippen molar-refractivity contribution in [1.29, 1.82) is 0 Å². The molecule has 2 aliphatic rings. The first-order chi connectivity index (χ1) is 14.1. The predicted molar refractivity (Wildman–Crippen MR) is 114 cm³/mol. The molecule has 2 aromatic carbocycles. The lowest BCUT2D eigenvalue weighted by molar-refractivity contribution is -0.133. The lowest BCUT2D eigenvalue weighted by atomic mass is 9.78. The molecular formula is C25H30N2O2. The molecule has 4 rings (SSSR count). The molecule has 1 atom stereocenters. The van der Waals surface area contributed by atoms with Crippen LogP contribution in [0.3, 0.4) is 0 Å². The number of nitrogens with one attached hydrogen (secondary N) is 1. The third-order valence-corrected chi connectivity index (χ3v) is 6.77. The molecule has 0 radical (unpaired) electrons. The molecule has 0 spiro atoms. The van der Waals surface area contributed by atoms with Crippen LogP contribution in [0.15, 0.2) is 54.6 Å². The summed E-state index contributed by atoms with van der Waals surface area (Å²) in [5, 5.41) is 3.22. The normalized spacial score (nSPS) is 20.2. The van der Waals surface area contributed by atoms with Crippen molar-refractivity contribution in [2.75, 3.05) is 13.1 Å². The first-order valence-electron chi connectivity index (χ1n) is 10.8. The van der Waals surface area contributed by atoms with Crippen LogP contribution in [0.1, 0.15) is 61.8 Å². The summed E-state index contributed by atoms with van der Waals surface area (Å²) in [4.78, 5) is 27.0. The van der Waals surface area contributed by atoms with Crippen LogP contribution in [-0.2, 0) is 21.4 Å². The number of nitrogens with zero attached hydrogens (tertiary/aromatic N) is 1. The monoisotopic (exact) mass is 390 g/mol. The van der Waals surface area contributed by atoms with Crippen molar-refractivity contribution in [1.82, 2.24) is 10.2 Å².